The van der Waals surface area contributed by atoms with Crippen LogP contribution in [0.2, 0.25) is 0 Å². The predicted molar refractivity (Wildman–Crippen MR) is 155 cm³/mol. The third-order valence-corrected chi connectivity index (χ3v) is 8.97. The van der Waals surface area contributed by atoms with Crippen molar-refractivity contribution in [3.63, 3.8) is 0 Å². The number of likely N-dealkylation sites (N-methyl/N-ethyl adjacent to an activating group) is 1. The number of carbonyl (C=O) groups is 2. The van der Waals surface area contributed by atoms with Crippen LogP contribution >= 0.6 is 0 Å². The van der Waals surface area contributed by atoms with Crippen molar-refractivity contribution in [2.45, 2.75) is 25.0 Å². The normalized spacial score (nSPS) is 20.1. The van der Waals surface area contributed by atoms with E-state index < -0.39 is 17.3 Å². The molecule has 1 aliphatic carbocycles. The first-order chi connectivity index (χ1) is 18.8. The summed E-state index contributed by atoms with van der Waals surface area (Å²) in [6, 6.07) is 28.1. The molecule has 1 spiro atoms. The van der Waals surface area contributed by atoms with Gasteiger partial charge in [0.2, 0.25) is 17.3 Å². The number of carbonyl (C=O) groups excluding carboxylic acids is 2. The van der Waals surface area contributed by atoms with Crippen LogP contribution in [0.25, 0.3) is 32.7 Å². The lowest BCUT2D eigenvalue weighted by molar-refractivity contribution is 0.0825. The average Bonchev–Trinajstić information content (AvgIpc) is 3.30. The Morgan fingerprint density at radius 3 is 2.36 bits per heavy atom. The first kappa shape index (κ1) is 22.2. The van der Waals surface area contributed by atoms with Crippen LogP contribution in [0.5, 0.6) is 5.75 Å². The van der Waals surface area contributed by atoms with E-state index in [0.29, 0.717) is 11.1 Å². The molecule has 2 aliphatic heterocycles. The number of nitrogens with zero attached hydrogens (tertiary/aromatic N) is 2. The highest BCUT2D eigenvalue weighted by Gasteiger charge is 2.58. The Bertz CT molecular complexity index is 1970. The van der Waals surface area contributed by atoms with Gasteiger partial charge in [-0.1, -0.05) is 60.7 Å². The number of ketones is 2. The maximum Gasteiger partial charge on any atom is 0.234 e. The third kappa shape index (κ3) is 2.62. The molecule has 1 atom stereocenters. The van der Waals surface area contributed by atoms with Crippen molar-refractivity contribution in [1.82, 2.24) is 0 Å². The van der Waals surface area contributed by atoms with Gasteiger partial charge in [-0.25, -0.2) is 0 Å². The smallest absolute Gasteiger partial charge is 0.234 e. The molecule has 39 heavy (non-hydrogen) atoms. The van der Waals surface area contributed by atoms with Crippen LogP contribution in [-0.2, 0) is 5.41 Å². The third-order valence-electron chi connectivity index (χ3n) is 8.97. The van der Waals surface area contributed by atoms with Gasteiger partial charge in [-0.3, -0.25) is 14.6 Å². The van der Waals surface area contributed by atoms with Crippen molar-refractivity contribution >= 4 is 50.7 Å². The number of rotatable bonds is 1. The van der Waals surface area contributed by atoms with E-state index in [-0.39, 0.29) is 5.41 Å². The minimum atomic E-state index is -0.725. The van der Waals surface area contributed by atoms with Gasteiger partial charge < -0.3 is 9.64 Å². The van der Waals surface area contributed by atoms with Gasteiger partial charge in [0.1, 0.15) is 11.4 Å². The van der Waals surface area contributed by atoms with E-state index in [1.165, 1.54) is 5.56 Å². The number of aliphatic imine (C=N–C) groups is 1. The molecule has 0 saturated carbocycles. The van der Waals surface area contributed by atoms with E-state index in [4.69, 9.17) is 9.73 Å². The number of benzene rings is 5. The molecular formula is C34H24N2O3. The maximum atomic E-state index is 12.5. The minimum Gasteiger partial charge on any atom is -0.459 e. The monoisotopic (exact) mass is 508 g/mol. The minimum absolute atomic E-state index is 0.309. The molecular weight excluding hydrogens is 484 g/mol. The zero-order valence-corrected chi connectivity index (χ0v) is 21.8. The molecule has 0 fully saturated rings. The van der Waals surface area contributed by atoms with Crippen molar-refractivity contribution < 1.29 is 14.3 Å². The summed E-state index contributed by atoms with van der Waals surface area (Å²) in [5, 5.41) is 3.72. The molecule has 0 amide bonds. The van der Waals surface area contributed by atoms with Crippen molar-refractivity contribution in [2.24, 2.45) is 4.99 Å². The van der Waals surface area contributed by atoms with Crippen LogP contribution in [-0.4, -0.2) is 30.6 Å². The molecule has 0 aromatic heterocycles. The van der Waals surface area contributed by atoms with Crippen LogP contribution in [0.4, 0.5) is 11.4 Å². The van der Waals surface area contributed by atoms with Gasteiger partial charge in [0, 0.05) is 34.6 Å². The van der Waals surface area contributed by atoms with Gasteiger partial charge in [-0.2, -0.15) is 0 Å². The van der Waals surface area contributed by atoms with Crippen molar-refractivity contribution in [3.8, 4) is 16.9 Å². The lowest BCUT2D eigenvalue weighted by Crippen LogP contribution is -2.61. The first-order valence-corrected chi connectivity index (χ1v) is 13.1. The zero-order chi connectivity index (χ0) is 26.7. The molecule has 5 aromatic carbocycles. The van der Waals surface area contributed by atoms with Gasteiger partial charge in [-0.05, 0) is 65.6 Å². The summed E-state index contributed by atoms with van der Waals surface area (Å²) in [7, 11) is 2.07. The van der Waals surface area contributed by atoms with E-state index in [1.807, 2.05) is 30.5 Å². The van der Waals surface area contributed by atoms with E-state index in [2.05, 4.69) is 74.3 Å². The Balaban J connectivity index is 1.25. The van der Waals surface area contributed by atoms with Gasteiger partial charge in [0.25, 0.3) is 0 Å². The molecule has 2 heterocycles. The molecule has 3 aliphatic rings. The summed E-state index contributed by atoms with van der Waals surface area (Å²) in [5.41, 5.74) is 5.16. The van der Waals surface area contributed by atoms with E-state index in [1.54, 1.807) is 12.1 Å². The fourth-order valence-corrected chi connectivity index (χ4v) is 6.83. The lowest BCUT2D eigenvalue weighted by atomic mass is 9.77. The van der Waals surface area contributed by atoms with E-state index >= 15 is 0 Å². The number of anilines is 1. The number of hydrogen-bond donors (Lipinski definition) is 0. The molecule has 0 N–H and O–H groups in total. The Morgan fingerprint density at radius 1 is 0.769 bits per heavy atom. The average molecular weight is 509 g/mol. The van der Waals surface area contributed by atoms with Crippen LogP contribution in [0.15, 0.2) is 89.9 Å². The Hall–Kier alpha value is -4.77. The highest BCUT2D eigenvalue weighted by Crippen LogP contribution is 2.54. The highest BCUT2D eigenvalue weighted by atomic mass is 16.5. The molecule has 0 saturated heterocycles. The summed E-state index contributed by atoms with van der Waals surface area (Å²) >= 11 is 0. The zero-order valence-electron chi connectivity index (χ0n) is 21.8. The number of hydrogen-bond acceptors (Lipinski definition) is 5. The van der Waals surface area contributed by atoms with Gasteiger partial charge in [0.15, 0.2) is 0 Å². The second-order valence-electron chi connectivity index (χ2n) is 11.2. The second kappa shape index (κ2) is 7.20. The van der Waals surface area contributed by atoms with Crippen molar-refractivity contribution in [1.29, 1.82) is 0 Å². The maximum absolute atomic E-state index is 12.5. The predicted octanol–water partition coefficient (Wildman–Crippen LogP) is 7.26. The van der Waals surface area contributed by atoms with E-state index in [9.17, 15) is 9.59 Å². The summed E-state index contributed by atoms with van der Waals surface area (Å²) in [6.45, 7) is 4.41. The number of para-hydroxylation sites is 1. The molecule has 0 bridgehead atoms. The summed E-state index contributed by atoms with van der Waals surface area (Å²) in [5.74, 6) is -0.0896. The van der Waals surface area contributed by atoms with Gasteiger partial charge in [-0.15, -0.1) is 0 Å². The van der Waals surface area contributed by atoms with Crippen LogP contribution in [0.3, 0.4) is 0 Å². The highest BCUT2D eigenvalue weighted by molar-refractivity contribution is 6.57. The molecule has 0 radical (unpaired) electrons. The summed E-state index contributed by atoms with van der Waals surface area (Å²) in [4.78, 5) is 32.2. The Labute approximate surface area is 225 Å². The van der Waals surface area contributed by atoms with Crippen LogP contribution < -0.4 is 9.64 Å². The van der Waals surface area contributed by atoms with Crippen LogP contribution in [0.1, 0.15) is 40.1 Å². The summed E-state index contributed by atoms with van der Waals surface area (Å²) in [6.07, 6.45) is 1.96. The van der Waals surface area contributed by atoms with Crippen LogP contribution in [0, 0.1) is 0 Å². The molecule has 5 heteroatoms. The fraction of sp³-hybridized carbons (Fsp3) is 0.147. The lowest BCUT2D eigenvalue weighted by Gasteiger charge is -2.45. The molecule has 5 aromatic rings. The standard InChI is InChI=1S/C34H24N2O3/c1-33(2)26-9-4-5-10-27(26)36(3)34(33)18-35-30-22-13-11-19(17-20(22)12-16-28(30)39-34)21-14-15-25-29-23(21)7-6-8-24(29)31(37)32(25)38/h4-18H,1-3H3. The molecule has 188 valence electrons. The quantitative estimate of drug-likeness (QED) is 0.224. The van der Waals surface area contributed by atoms with E-state index in [0.717, 1.165) is 49.8 Å². The van der Waals surface area contributed by atoms with Crippen molar-refractivity contribution in [3.05, 3.63) is 102 Å². The van der Waals surface area contributed by atoms with Gasteiger partial charge >= 0.3 is 0 Å². The first-order valence-electron chi connectivity index (χ1n) is 13.1. The molecule has 1 unspecified atom stereocenters. The number of fused-ring (bicyclic) bond motifs is 4. The topological polar surface area (TPSA) is 59.0 Å². The fourth-order valence-electron chi connectivity index (χ4n) is 6.83. The largest absolute Gasteiger partial charge is 0.459 e. The SMILES string of the molecule is CN1c2ccccc2C(C)(C)C12C=Nc1c(ccc3cc(-c4ccc5c6c(cccc46)C(=O)C5=O)ccc13)O2. The van der Waals surface area contributed by atoms with Crippen molar-refractivity contribution in [2.75, 3.05) is 11.9 Å². The Morgan fingerprint density at radius 2 is 1.54 bits per heavy atom. The van der Waals surface area contributed by atoms with Gasteiger partial charge in [0.05, 0.1) is 11.6 Å². The molecule has 8 rings (SSSR count). The number of Topliss-reactive ketones (excluding diaryl/α,β-unsaturated/α-hetero) is 2. The Kier molecular flexibility index (Phi) is 4.11. The number of ether oxygens (including phenoxy) is 1. The molecule has 5 nitrogen and oxygen atoms in total. The summed E-state index contributed by atoms with van der Waals surface area (Å²) < 4.78 is 6.84. The second-order valence-corrected chi connectivity index (χ2v) is 11.2.